The first-order chi connectivity index (χ1) is 13.8. The van der Waals surface area contributed by atoms with Gasteiger partial charge in [-0.3, -0.25) is 14.2 Å². The quantitative estimate of drug-likeness (QED) is 0.557. The van der Waals surface area contributed by atoms with Gasteiger partial charge in [0, 0.05) is 38.1 Å². The Hall–Kier alpha value is -3.82. The zero-order valence-corrected chi connectivity index (χ0v) is 16.8. The lowest BCUT2D eigenvalue weighted by Gasteiger charge is -2.15. The highest BCUT2D eigenvalue weighted by molar-refractivity contribution is 7.07. The van der Waals surface area contributed by atoms with E-state index in [0.717, 1.165) is 11.3 Å². The lowest BCUT2D eigenvalue weighted by Crippen LogP contribution is -2.30. The van der Waals surface area contributed by atoms with Gasteiger partial charge in [0.15, 0.2) is 5.57 Å². The number of carboxylic acid groups (broad SMARTS) is 1. The molecule has 1 amide bonds. The molecule has 0 saturated heterocycles. The lowest BCUT2D eigenvalue weighted by atomic mass is 10.2. The highest BCUT2D eigenvalue weighted by Gasteiger charge is 2.07. The average Bonchev–Trinajstić information content (AvgIpc) is 2.99. The largest absolute Gasteiger partial charge is 0.477 e. The minimum atomic E-state index is -1.41. The Morgan fingerprint density at radius 1 is 1.41 bits per heavy atom. The first kappa shape index (κ1) is 21.5. The Kier molecular flexibility index (Phi) is 6.96. The molecule has 9 heteroatoms. The molecule has 0 bridgehead atoms. The average molecular weight is 410 g/mol. The zero-order chi connectivity index (χ0) is 21.6. The Morgan fingerprint density at radius 2 is 2.14 bits per heavy atom. The molecule has 148 valence electrons. The molecular weight excluding hydrogens is 392 g/mol. The van der Waals surface area contributed by atoms with Crippen LogP contribution in [0.25, 0.3) is 11.5 Å². The molecule has 1 aromatic heterocycles. The summed E-state index contributed by atoms with van der Waals surface area (Å²) in [4.78, 5) is 36.5. The Bertz CT molecular complexity index is 1250. The monoisotopic (exact) mass is 410 g/mol. The van der Waals surface area contributed by atoms with Crippen LogP contribution in [-0.4, -0.2) is 28.6 Å². The van der Waals surface area contributed by atoms with E-state index in [-0.39, 0.29) is 20.7 Å². The van der Waals surface area contributed by atoms with Crippen LogP contribution in [0.1, 0.15) is 13.8 Å². The van der Waals surface area contributed by atoms with Crippen LogP contribution in [0.3, 0.4) is 0 Å². The molecule has 2 N–H and O–H groups in total. The second-order valence-electron chi connectivity index (χ2n) is 5.76. The fraction of sp³-hybridized carbons (Fsp3) is 0.200. The van der Waals surface area contributed by atoms with E-state index in [4.69, 9.17) is 10.4 Å². The fourth-order valence-corrected chi connectivity index (χ4v) is 3.27. The smallest absolute Gasteiger partial charge is 0.354 e. The Labute approximate surface area is 170 Å². The highest BCUT2D eigenvalue weighted by Crippen LogP contribution is 2.18. The van der Waals surface area contributed by atoms with Gasteiger partial charge >= 0.3 is 5.97 Å². The van der Waals surface area contributed by atoms with Gasteiger partial charge in [-0.1, -0.05) is 28.9 Å². The van der Waals surface area contributed by atoms with Crippen molar-refractivity contribution in [2.75, 3.05) is 17.3 Å². The molecule has 0 spiro atoms. The van der Waals surface area contributed by atoms with Crippen LogP contribution >= 0.6 is 11.3 Å². The molecule has 1 aromatic carbocycles. The van der Waals surface area contributed by atoms with Crippen molar-refractivity contribution in [2.24, 2.45) is 0 Å². The number of nitrogens with zero attached hydrogens (tertiary/aromatic N) is 3. The summed E-state index contributed by atoms with van der Waals surface area (Å²) in [5.74, 6) is -1.51. The lowest BCUT2D eigenvalue weighted by molar-refractivity contribution is -0.132. The van der Waals surface area contributed by atoms with Crippen molar-refractivity contribution in [3.63, 3.8) is 0 Å². The number of thiazole rings is 1. The zero-order valence-electron chi connectivity index (χ0n) is 16.0. The molecule has 2 aromatic rings. The van der Waals surface area contributed by atoms with Crippen LogP contribution < -0.4 is 25.0 Å². The number of rotatable bonds is 5. The summed E-state index contributed by atoms with van der Waals surface area (Å²) < 4.78 is 1.79. The number of benzene rings is 1. The molecule has 0 unspecified atom stereocenters. The third-order valence-corrected chi connectivity index (χ3v) is 4.92. The minimum Gasteiger partial charge on any atom is -0.477 e. The first-order valence-electron chi connectivity index (χ1n) is 8.48. The summed E-state index contributed by atoms with van der Waals surface area (Å²) in [6.45, 7) is 3.49. The maximum atomic E-state index is 12.5. The number of hydrogen-bond donors (Lipinski definition) is 2. The van der Waals surface area contributed by atoms with Crippen LogP contribution in [0, 0.1) is 11.3 Å². The summed E-state index contributed by atoms with van der Waals surface area (Å²) in [6.07, 6.45) is 1.45. The van der Waals surface area contributed by atoms with Crippen molar-refractivity contribution >= 4 is 46.1 Å². The molecule has 0 aliphatic carbocycles. The van der Waals surface area contributed by atoms with Gasteiger partial charge < -0.3 is 15.3 Å². The Balaban J connectivity index is 2.51. The third-order valence-electron chi connectivity index (χ3n) is 3.91. The van der Waals surface area contributed by atoms with Crippen LogP contribution in [0.4, 0.5) is 11.4 Å². The molecule has 1 heterocycles. The molecule has 29 heavy (non-hydrogen) atoms. The summed E-state index contributed by atoms with van der Waals surface area (Å²) in [5, 5.41) is 20.9. The number of nitriles is 1. The van der Waals surface area contributed by atoms with Crippen molar-refractivity contribution < 1.29 is 14.7 Å². The van der Waals surface area contributed by atoms with E-state index < -0.39 is 11.5 Å². The number of aliphatic carboxylic acids is 1. The van der Waals surface area contributed by atoms with E-state index in [1.165, 1.54) is 22.6 Å². The van der Waals surface area contributed by atoms with Gasteiger partial charge in [0.2, 0.25) is 5.91 Å². The van der Waals surface area contributed by atoms with E-state index in [0.29, 0.717) is 17.9 Å². The molecular formula is C20H18N4O4S. The van der Waals surface area contributed by atoms with Crippen LogP contribution in [0.5, 0.6) is 0 Å². The second-order valence-corrected chi connectivity index (χ2v) is 6.76. The number of amides is 1. The van der Waals surface area contributed by atoms with Crippen molar-refractivity contribution in [2.45, 2.75) is 20.4 Å². The molecule has 0 radical (unpaired) electrons. The number of aromatic nitrogens is 1. The highest BCUT2D eigenvalue weighted by atomic mass is 32.1. The number of hydrogen-bond acceptors (Lipinski definition) is 6. The number of carbonyl (C=O) groups excluding carboxylic acids is 1. The van der Waals surface area contributed by atoms with Gasteiger partial charge in [-0.2, -0.15) is 5.26 Å². The fourth-order valence-electron chi connectivity index (χ4n) is 2.29. The summed E-state index contributed by atoms with van der Waals surface area (Å²) in [7, 11) is 1.67. The molecule has 0 saturated carbocycles. The van der Waals surface area contributed by atoms with Crippen molar-refractivity contribution in [3.05, 3.63) is 55.6 Å². The maximum Gasteiger partial charge on any atom is 0.354 e. The van der Waals surface area contributed by atoms with E-state index in [2.05, 4.69) is 16.8 Å². The standard InChI is InChI=1S/C20H18N4O4S/c1-4-24-18(10-14(12-21)20(27)28)29-17(19(24)26)8-9-22-15-6-5-7-16(11-15)23(3)13(2)25/h5-7,9,11,22H,4H2,1-3H3,(H,27,28). The van der Waals surface area contributed by atoms with E-state index in [1.54, 1.807) is 44.3 Å². The van der Waals surface area contributed by atoms with Gasteiger partial charge in [0.05, 0.1) is 0 Å². The number of anilines is 2. The minimum absolute atomic E-state index is 0.0992. The van der Waals surface area contributed by atoms with E-state index >= 15 is 0 Å². The second kappa shape index (κ2) is 9.40. The molecule has 0 atom stereocenters. The molecule has 2 rings (SSSR count). The molecule has 0 aliphatic rings. The third kappa shape index (κ3) is 5.12. The topological polar surface area (TPSA) is 115 Å². The summed E-state index contributed by atoms with van der Waals surface area (Å²) in [5.41, 5.74) is 5.78. The number of nitrogens with one attached hydrogen (secondary N) is 1. The number of carboxylic acids is 1. The van der Waals surface area contributed by atoms with Gasteiger partial charge in [-0.15, -0.1) is 0 Å². The predicted octanol–water partition coefficient (Wildman–Crippen LogP) is 0.832. The van der Waals surface area contributed by atoms with Crippen molar-refractivity contribution in [3.8, 4) is 6.07 Å². The van der Waals surface area contributed by atoms with Crippen LogP contribution in [-0.2, 0) is 16.1 Å². The normalized spacial score (nSPS) is 9.59. The molecule has 8 nitrogen and oxygen atoms in total. The maximum absolute atomic E-state index is 12.5. The van der Waals surface area contributed by atoms with Gasteiger partial charge in [-0.25, -0.2) is 4.79 Å². The summed E-state index contributed by atoms with van der Waals surface area (Å²) in [6, 6.07) is 8.69. The first-order valence-corrected chi connectivity index (χ1v) is 9.30. The van der Waals surface area contributed by atoms with E-state index in [9.17, 15) is 14.4 Å². The van der Waals surface area contributed by atoms with E-state index in [1.807, 2.05) is 0 Å². The van der Waals surface area contributed by atoms with Gasteiger partial charge in [0.1, 0.15) is 15.3 Å². The van der Waals surface area contributed by atoms with Crippen LogP contribution in [0.2, 0.25) is 0 Å². The summed E-state index contributed by atoms with van der Waals surface area (Å²) >= 11 is 0.988. The van der Waals surface area contributed by atoms with Crippen molar-refractivity contribution in [1.82, 2.24) is 4.57 Å². The van der Waals surface area contributed by atoms with Gasteiger partial charge in [-0.05, 0) is 25.1 Å². The predicted molar refractivity (Wildman–Crippen MR) is 111 cm³/mol. The van der Waals surface area contributed by atoms with Crippen molar-refractivity contribution in [1.29, 1.82) is 5.26 Å². The Morgan fingerprint density at radius 3 is 2.72 bits per heavy atom. The van der Waals surface area contributed by atoms with Gasteiger partial charge in [0.25, 0.3) is 5.56 Å². The van der Waals surface area contributed by atoms with Crippen LogP contribution in [0.15, 0.2) is 40.8 Å². The SMILES string of the molecule is CCn1c(=C=C(C#N)C(=O)O)sc(=C=CNc2cccc(N(C)C(C)=O)c2)c1=O. The molecule has 0 fully saturated rings. The molecule has 0 aliphatic heterocycles. The number of carbonyl (C=O) groups is 2.